The normalized spacial score (nSPS) is 15.9. The Balaban J connectivity index is 2.45. The van der Waals surface area contributed by atoms with Crippen molar-refractivity contribution in [1.82, 2.24) is 0 Å². The van der Waals surface area contributed by atoms with E-state index in [9.17, 15) is 19.1 Å². The fourth-order valence-electron chi connectivity index (χ4n) is 2.46. The Hall–Kier alpha value is -2.41. The minimum Gasteiger partial charge on any atom is -0.290 e. The third-order valence-corrected chi connectivity index (χ3v) is 4.83. The van der Waals surface area contributed by atoms with Crippen LogP contribution in [0.2, 0.25) is 0 Å². The second-order valence-electron chi connectivity index (χ2n) is 6.35. The highest BCUT2D eigenvalue weighted by atomic mass is 32.2. The molecule has 2 rings (SSSR count). The average Bonchev–Trinajstić information content (AvgIpc) is 2.55. The van der Waals surface area contributed by atoms with E-state index in [1.807, 2.05) is 27.7 Å². The Morgan fingerprint density at radius 3 is 1.88 bits per heavy atom. The molecule has 0 spiro atoms. The summed E-state index contributed by atoms with van der Waals surface area (Å²) in [5.74, 6) is 0.0190. The van der Waals surface area contributed by atoms with Crippen LogP contribution in [0.1, 0.15) is 27.7 Å². The molecule has 1 aromatic carbocycles. The molecule has 6 nitrogen and oxygen atoms in total. The number of nitro groups is 1. The minimum absolute atomic E-state index is 0.0546. The first-order valence-corrected chi connectivity index (χ1v) is 9.04. The van der Waals surface area contributed by atoms with Gasteiger partial charge in [-0.2, -0.15) is 4.40 Å². The minimum atomic E-state index is -1.72. The Morgan fingerprint density at radius 1 is 1.00 bits per heavy atom. The van der Waals surface area contributed by atoms with Crippen molar-refractivity contribution < 1.29 is 13.9 Å². The molecule has 0 aliphatic heterocycles. The van der Waals surface area contributed by atoms with E-state index < -0.39 is 15.9 Å². The van der Waals surface area contributed by atoms with Crippen LogP contribution in [0.15, 0.2) is 56.9 Å². The number of nitro benzene ring substituents is 1. The number of rotatable bonds is 5. The van der Waals surface area contributed by atoms with Gasteiger partial charge in [0.2, 0.25) is 0 Å². The molecule has 1 atom stereocenters. The fraction of sp³-hybridized carbons (Fsp3) is 0.333. The van der Waals surface area contributed by atoms with Gasteiger partial charge in [0.25, 0.3) is 5.69 Å². The summed E-state index contributed by atoms with van der Waals surface area (Å²) in [6, 6.07) is 5.47. The third kappa shape index (κ3) is 4.36. The van der Waals surface area contributed by atoms with Crippen LogP contribution in [-0.4, -0.2) is 20.6 Å². The second-order valence-corrected chi connectivity index (χ2v) is 7.50. The topological polar surface area (TPSA) is 89.6 Å². The smallest absolute Gasteiger partial charge is 0.269 e. The van der Waals surface area contributed by atoms with Crippen molar-refractivity contribution in [2.45, 2.75) is 32.6 Å². The molecule has 0 amide bonds. The van der Waals surface area contributed by atoms with E-state index >= 15 is 0 Å². The largest absolute Gasteiger partial charge is 0.290 e. The number of nitrogens with zero attached hydrogens (tertiary/aromatic N) is 2. The van der Waals surface area contributed by atoms with Gasteiger partial charge in [0, 0.05) is 12.1 Å². The first-order valence-electron chi connectivity index (χ1n) is 7.93. The van der Waals surface area contributed by atoms with Gasteiger partial charge in [0.05, 0.1) is 15.5 Å². The van der Waals surface area contributed by atoms with Gasteiger partial charge in [-0.3, -0.25) is 14.9 Å². The van der Waals surface area contributed by atoms with Gasteiger partial charge in [0.15, 0.2) is 16.8 Å². The lowest BCUT2D eigenvalue weighted by molar-refractivity contribution is -0.384. The van der Waals surface area contributed by atoms with Gasteiger partial charge in [-0.25, -0.2) is 4.21 Å². The van der Waals surface area contributed by atoms with Crippen molar-refractivity contribution in [2.75, 3.05) is 0 Å². The van der Waals surface area contributed by atoms with E-state index in [-0.39, 0.29) is 23.3 Å². The Bertz CT molecular complexity index is 788. The summed E-state index contributed by atoms with van der Waals surface area (Å²) < 4.78 is 17.0. The third-order valence-electron chi connectivity index (χ3n) is 3.81. The number of ketones is 1. The zero-order valence-electron chi connectivity index (χ0n) is 14.6. The van der Waals surface area contributed by atoms with Crippen LogP contribution in [0, 0.1) is 22.0 Å². The summed E-state index contributed by atoms with van der Waals surface area (Å²) in [4.78, 5) is 22.5. The van der Waals surface area contributed by atoms with Gasteiger partial charge in [0.1, 0.15) is 0 Å². The molecule has 1 aliphatic carbocycles. The maximum atomic E-state index is 12.6. The van der Waals surface area contributed by atoms with Gasteiger partial charge in [-0.1, -0.05) is 27.7 Å². The van der Waals surface area contributed by atoms with E-state index in [0.717, 1.165) is 11.1 Å². The van der Waals surface area contributed by atoms with Crippen LogP contribution in [0.25, 0.3) is 0 Å². The maximum absolute atomic E-state index is 12.6. The molecule has 0 saturated carbocycles. The number of non-ortho nitro benzene ring substituents is 1. The molecule has 0 bridgehead atoms. The summed E-state index contributed by atoms with van der Waals surface area (Å²) in [7, 11) is -1.72. The molecule has 0 aromatic heterocycles. The van der Waals surface area contributed by atoms with Crippen molar-refractivity contribution in [1.29, 1.82) is 0 Å². The molecular formula is C18H20N2O4S. The molecule has 7 heteroatoms. The van der Waals surface area contributed by atoms with E-state index in [1.165, 1.54) is 36.4 Å². The average molecular weight is 360 g/mol. The van der Waals surface area contributed by atoms with Gasteiger partial charge in [-0.15, -0.1) is 0 Å². The number of hydrogen-bond donors (Lipinski definition) is 0. The number of carbonyl (C=O) groups is 1. The molecule has 1 aromatic rings. The quantitative estimate of drug-likeness (QED) is 0.454. The number of carbonyl (C=O) groups excluding carboxylic acids is 1. The van der Waals surface area contributed by atoms with Crippen molar-refractivity contribution >= 4 is 28.2 Å². The number of allylic oxidation sites excluding steroid dienone is 4. The highest BCUT2D eigenvalue weighted by molar-refractivity contribution is 7.84. The van der Waals surface area contributed by atoms with Crippen LogP contribution in [0.5, 0.6) is 0 Å². The molecule has 0 fully saturated rings. The number of benzene rings is 1. The number of hydrogen-bond acceptors (Lipinski definition) is 4. The van der Waals surface area contributed by atoms with Gasteiger partial charge >= 0.3 is 0 Å². The molecule has 25 heavy (non-hydrogen) atoms. The highest BCUT2D eigenvalue weighted by Gasteiger charge is 2.25. The van der Waals surface area contributed by atoms with Crippen LogP contribution in [-0.2, 0) is 15.8 Å². The summed E-state index contributed by atoms with van der Waals surface area (Å²) in [6.45, 7) is 7.80. The summed E-state index contributed by atoms with van der Waals surface area (Å²) in [5.41, 5.74) is 2.02. The van der Waals surface area contributed by atoms with Gasteiger partial charge < -0.3 is 0 Å². The fourth-order valence-corrected chi connectivity index (χ4v) is 3.31. The second kappa shape index (κ2) is 7.65. The van der Waals surface area contributed by atoms with E-state index in [0.29, 0.717) is 10.6 Å². The van der Waals surface area contributed by atoms with Crippen LogP contribution < -0.4 is 0 Å². The van der Waals surface area contributed by atoms with Crippen LogP contribution >= 0.6 is 0 Å². The van der Waals surface area contributed by atoms with Gasteiger partial charge in [-0.05, 0) is 47.3 Å². The zero-order valence-corrected chi connectivity index (χ0v) is 15.4. The van der Waals surface area contributed by atoms with Crippen molar-refractivity contribution in [3.63, 3.8) is 0 Å². The molecule has 132 valence electrons. The maximum Gasteiger partial charge on any atom is 0.269 e. The first-order chi connectivity index (χ1) is 11.7. The van der Waals surface area contributed by atoms with Crippen molar-refractivity contribution in [3.8, 4) is 0 Å². The molecule has 0 saturated heterocycles. The lowest BCUT2D eigenvalue weighted by atomic mass is 9.84. The summed E-state index contributed by atoms with van der Waals surface area (Å²) >= 11 is 0. The van der Waals surface area contributed by atoms with Crippen molar-refractivity contribution in [2.24, 2.45) is 16.2 Å². The molecule has 0 N–H and O–H groups in total. The van der Waals surface area contributed by atoms with Crippen LogP contribution in [0.3, 0.4) is 0 Å². The molecule has 0 radical (unpaired) electrons. The standard InChI is InChI=1S/C18H20N2O4S/c1-11(2)16-9-14(21)10-17(12(3)4)18(16)19-25(24)15-7-5-13(6-8-15)20(22)23/h5-12H,1-4H3. The lowest BCUT2D eigenvalue weighted by Gasteiger charge is -2.22. The molecule has 1 unspecified atom stereocenters. The predicted molar refractivity (Wildman–Crippen MR) is 97.8 cm³/mol. The first kappa shape index (κ1) is 18.9. The molecule has 0 heterocycles. The molecule has 1 aliphatic rings. The Labute approximate surface area is 149 Å². The SMILES string of the molecule is CC(C)C1=CC(=O)C=C(C(C)C)C1=NS(=O)c1ccc([N+](=O)[O-])cc1. The predicted octanol–water partition coefficient (Wildman–Crippen LogP) is 3.81. The Morgan fingerprint density at radius 2 is 1.48 bits per heavy atom. The van der Waals surface area contributed by atoms with E-state index in [4.69, 9.17) is 0 Å². The lowest BCUT2D eigenvalue weighted by Crippen LogP contribution is -2.21. The summed E-state index contributed by atoms with van der Waals surface area (Å²) in [6.07, 6.45) is 3.06. The van der Waals surface area contributed by atoms with Crippen molar-refractivity contribution in [3.05, 3.63) is 57.7 Å². The van der Waals surface area contributed by atoms with E-state index in [1.54, 1.807) is 0 Å². The Kier molecular flexibility index (Phi) is 5.79. The molecular weight excluding hydrogens is 340 g/mol. The zero-order chi connectivity index (χ0) is 18.7. The monoisotopic (exact) mass is 360 g/mol. The van der Waals surface area contributed by atoms with E-state index in [2.05, 4.69) is 4.40 Å². The highest BCUT2D eigenvalue weighted by Crippen LogP contribution is 2.27. The summed E-state index contributed by atoms with van der Waals surface area (Å²) in [5, 5.41) is 10.7. The van der Waals surface area contributed by atoms with Crippen LogP contribution in [0.4, 0.5) is 5.69 Å².